The highest BCUT2D eigenvalue weighted by molar-refractivity contribution is 5.94. The van der Waals surface area contributed by atoms with E-state index < -0.39 is 0 Å². The number of aliphatic imine (C=N–C) groups is 1. The monoisotopic (exact) mass is 361 g/mol. The van der Waals surface area contributed by atoms with E-state index in [1.165, 1.54) is 0 Å². The summed E-state index contributed by atoms with van der Waals surface area (Å²) in [5.74, 6) is 0.699. The number of aryl methyl sites for hydroxylation is 1. The van der Waals surface area contributed by atoms with E-state index in [-0.39, 0.29) is 5.91 Å². The van der Waals surface area contributed by atoms with Crippen LogP contribution < -0.4 is 16.0 Å². The van der Waals surface area contributed by atoms with Crippen LogP contribution in [0.4, 0.5) is 0 Å². The first-order valence-corrected chi connectivity index (χ1v) is 9.40. The van der Waals surface area contributed by atoms with Gasteiger partial charge in [-0.3, -0.25) is 14.7 Å². The van der Waals surface area contributed by atoms with Gasteiger partial charge in [-0.2, -0.15) is 0 Å². The molecule has 0 saturated carbocycles. The van der Waals surface area contributed by atoms with E-state index in [0.29, 0.717) is 30.7 Å². The molecule has 0 aromatic heterocycles. The lowest BCUT2D eigenvalue weighted by Crippen LogP contribution is -2.46. The van der Waals surface area contributed by atoms with Gasteiger partial charge in [0.05, 0.1) is 0 Å². The van der Waals surface area contributed by atoms with E-state index in [0.717, 1.165) is 24.6 Å². The zero-order chi connectivity index (χ0) is 19.5. The summed E-state index contributed by atoms with van der Waals surface area (Å²) >= 11 is 0. The van der Waals surface area contributed by atoms with Crippen molar-refractivity contribution in [1.29, 1.82) is 0 Å². The molecule has 0 aliphatic rings. The number of carbonyl (C=O) groups excluding carboxylic acids is 1. The van der Waals surface area contributed by atoms with Crippen molar-refractivity contribution in [2.24, 2.45) is 4.99 Å². The molecular weight excluding hydrogens is 326 g/mol. The fraction of sp³-hybridized carbons (Fsp3) is 0.600. The molecule has 0 atom stereocenters. The molecule has 0 spiro atoms. The van der Waals surface area contributed by atoms with Crippen LogP contribution in [0.3, 0.4) is 0 Å². The third kappa shape index (κ3) is 7.87. The molecule has 3 N–H and O–H groups in total. The Bertz CT molecular complexity index is 575. The number of guanidine groups is 1. The van der Waals surface area contributed by atoms with Gasteiger partial charge in [0.25, 0.3) is 5.91 Å². The normalized spacial score (nSPS) is 12.0. The van der Waals surface area contributed by atoms with Crippen molar-refractivity contribution in [3.8, 4) is 0 Å². The maximum absolute atomic E-state index is 12.1. The molecule has 0 fully saturated rings. The van der Waals surface area contributed by atoms with Crippen molar-refractivity contribution in [1.82, 2.24) is 20.9 Å². The molecule has 1 aromatic carbocycles. The number of carbonyl (C=O) groups is 1. The Balaban J connectivity index is 2.29. The lowest BCUT2D eigenvalue weighted by Gasteiger charge is -2.30. The van der Waals surface area contributed by atoms with Gasteiger partial charge in [0.1, 0.15) is 0 Å². The molecule has 6 nitrogen and oxygen atoms in total. The van der Waals surface area contributed by atoms with Crippen LogP contribution in [0.15, 0.2) is 29.3 Å². The average molecular weight is 362 g/mol. The van der Waals surface area contributed by atoms with Gasteiger partial charge in [-0.05, 0) is 46.8 Å². The number of rotatable bonds is 9. The van der Waals surface area contributed by atoms with Gasteiger partial charge in [-0.25, -0.2) is 0 Å². The van der Waals surface area contributed by atoms with Crippen LogP contribution in [-0.2, 0) is 0 Å². The van der Waals surface area contributed by atoms with Crippen molar-refractivity contribution < 1.29 is 4.79 Å². The summed E-state index contributed by atoms with van der Waals surface area (Å²) in [4.78, 5) is 18.8. The van der Waals surface area contributed by atoms with Gasteiger partial charge in [0.2, 0.25) is 0 Å². The smallest absolute Gasteiger partial charge is 0.251 e. The second-order valence-electron chi connectivity index (χ2n) is 6.98. The molecule has 1 rings (SSSR count). The molecule has 0 saturated heterocycles. The molecule has 0 radical (unpaired) electrons. The number of nitrogens with one attached hydrogen (secondary N) is 3. The number of hydrogen-bond acceptors (Lipinski definition) is 3. The molecule has 1 aromatic rings. The van der Waals surface area contributed by atoms with Crippen LogP contribution in [0.2, 0.25) is 0 Å². The summed E-state index contributed by atoms with van der Waals surface area (Å²) in [5.41, 5.74) is 1.77. The predicted octanol–water partition coefficient (Wildman–Crippen LogP) is 2.01. The lowest BCUT2D eigenvalue weighted by molar-refractivity contribution is 0.0954. The average Bonchev–Trinajstić information content (AvgIpc) is 2.59. The van der Waals surface area contributed by atoms with Gasteiger partial charge < -0.3 is 16.0 Å². The van der Waals surface area contributed by atoms with Crippen LogP contribution in [0.5, 0.6) is 0 Å². The van der Waals surface area contributed by atoms with Gasteiger partial charge in [0.15, 0.2) is 5.96 Å². The van der Waals surface area contributed by atoms with Crippen molar-refractivity contribution in [2.45, 2.75) is 46.7 Å². The molecular formula is C20H35N5O. The third-order valence-electron chi connectivity index (χ3n) is 4.20. The zero-order valence-electron chi connectivity index (χ0n) is 17.1. The highest BCUT2D eigenvalue weighted by Gasteiger charge is 2.12. The Hall–Kier alpha value is -2.08. The number of amides is 1. The van der Waals surface area contributed by atoms with Gasteiger partial charge >= 0.3 is 0 Å². The minimum absolute atomic E-state index is 0.0528. The first-order chi connectivity index (χ1) is 12.3. The number of hydrogen-bond donors (Lipinski definition) is 3. The van der Waals surface area contributed by atoms with Crippen molar-refractivity contribution >= 4 is 11.9 Å². The maximum Gasteiger partial charge on any atom is 0.251 e. The minimum atomic E-state index is -0.0528. The van der Waals surface area contributed by atoms with E-state index in [4.69, 9.17) is 0 Å². The fourth-order valence-electron chi connectivity index (χ4n) is 2.88. The number of nitrogens with zero attached hydrogens (tertiary/aromatic N) is 2. The first kappa shape index (κ1) is 22.0. The second kappa shape index (κ2) is 11.5. The molecule has 6 heteroatoms. The van der Waals surface area contributed by atoms with Gasteiger partial charge in [-0.1, -0.05) is 17.7 Å². The number of benzene rings is 1. The third-order valence-corrected chi connectivity index (χ3v) is 4.20. The summed E-state index contributed by atoms with van der Waals surface area (Å²) in [5, 5.41) is 9.46. The molecule has 0 aliphatic carbocycles. The molecule has 26 heavy (non-hydrogen) atoms. The van der Waals surface area contributed by atoms with E-state index in [9.17, 15) is 4.79 Å². The Morgan fingerprint density at radius 2 is 1.65 bits per heavy atom. The SMILES string of the molecule is CN=C(NCCNC(=O)c1cccc(C)c1)NCCN(C(C)C)C(C)C. The van der Waals surface area contributed by atoms with Crippen LogP contribution in [0, 0.1) is 6.92 Å². The topological polar surface area (TPSA) is 68.8 Å². The van der Waals surface area contributed by atoms with E-state index in [1.807, 2.05) is 31.2 Å². The quantitative estimate of drug-likeness (QED) is 0.358. The zero-order valence-corrected chi connectivity index (χ0v) is 17.1. The summed E-state index contributed by atoms with van der Waals surface area (Å²) in [6, 6.07) is 8.62. The Kier molecular flexibility index (Phi) is 9.73. The summed E-state index contributed by atoms with van der Waals surface area (Å²) in [6.07, 6.45) is 0. The molecule has 0 unspecified atom stereocenters. The van der Waals surface area contributed by atoms with Gasteiger partial charge in [-0.15, -0.1) is 0 Å². The molecule has 146 valence electrons. The summed E-state index contributed by atoms with van der Waals surface area (Å²) < 4.78 is 0. The highest BCUT2D eigenvalue weighted by Crippen LogP contribution is 2.04. The second-order valence-corrected chi connectivity index (χ2v) is 6.98. The largest absolute Gasteiger partial charge is 0.355 e. The van der Waals surface area contributed by atoms with Crippen LogP contribution in [-0.4, -0.2) is 62.1 Å². The van der Waals surface area contributed by atoms with E-state index in [2.05, 4.69) is 53.5 Å². The lowest BCUT2D eigenvalue weighted by atomic mass is 10.1. The van der Waals surface area contributed by atoms with Crippen molar-refractivity contribution in [3.05, 3.63) is 35.4 Å². The summed E-state index contributed by atoms with van der Waals surface area (Å²) in [7, 11) is 1.75. The fourth-order valence-corrected chi connectivity index (χ4v) is 2.88. The molecule has 1 amide bonds. The Morgan fingerprint density at radius 1 is 1.04 bits per heavy atom. The Morgan fingerprint density at radius 3 is 2.23 bits per heavy atom. The first-order valence-electron chi connectivity index (χ1n) is 9.40. The van der Waals surface area contributed by atoms with E-state index in [1.54, 1.807) is 7.05 Å². The summed E-state index contributed by atoms with van der Waals surface area (Å²) in [6.45, 7) is 13.8. The van der Waals surface area contributed by atoms with E-state index >= 15 is 0 Å². The van der Waals surface area contributed by atoms with Crippen molar-refractivity contribution in [2.75, 3.05) is 33.2 Å². The predicted molar refractivity (Wildman–Crippen MR) is 110 cm³/mol. The molecule has 0 aliphatic heterocycles. The van der Waals surface area contributed by atoms with Gasteiger partial charge in [0, 0.05) is 50.9 Å². The van der Waals surface area contributed by atoms with Crippen LogP contribution >= 0.6 is 0 Å². The van der Waals surface area contributed by atoms with Crippen LogP contribution in [0.1, 0.15) is 43.6 Å². The minimum Gasteiger partial charge on any atom is -0.355 e. The molecule has 0 bridgehead atoms. The maximum atomic E-state index is 12.1. The van der Waals surface area contributed by atoms with Crippen molar-refractivity contribution in [3.63, 3.8) is 0 Å². The van der Waals surface area contributed by atoms with Crippen LogP contribution in [0.25, 0.3) is 0 Å². The highest BCUT2D eigenvalue weighted by atomic mass is 16.1. The Labute approximate surface area is 158 Å². The standard InChI is InChI=1S/C20H35N5O/c1-15(2)25(16(3)4)13-12-24-20(21-6)23-11-10-22-19(26)18-9-7-8-17(5)14-18/h7-9,14-16H,10-13H2,1-6H3,(H,22,26)(H2,21,23,24). The molecule has 0 heterocycles.